The van der Waals surface area contributed by atoms with E-state index in [-0.39, 0.29) is 37.1 Å². The van der Waals surface area contributed by atoms with Gasteiger partial charge in [0.1, 0.15) is 10.4 Å². The maximum Gasteiger partial charge on any atom is 0.310 e. The molecular formula is C32H36N6O6S. The molecule has 1 spiro atoms. The van der Waals surface area contributed by atoms with Crippen LogP contribution in [-0.2, 0) is 26.1 Å². The maximum absolute atomic E-state index is 14.1. The maximum atomic E-state index is 14.1. The molecule has 0 amide bonds. The Morgan fingerprint density at radius 2 is 1.89 bits per heavy atom. The lowest BCUT2D eigenvalue weighted by atomic mass is 9.70. The third-order valence-corrected chi connectivity index (χ3v) is 11.2. The fourth-order valence-electron chi connectivity index (χ4n) is 6.46. The van der Waals surface area contributed by atoms with Crippen LogP contribution in [0.5, 0.6) is 5.88 Å². The Kier molecular flexibility index (Phi) is 6.81. The minimum atomic E-state index is -4.01. The second-order valence-corrected chi connectivity index (χ2v) is 15.2. The first-order chi connectivity index (χ1) is 21.3. The van der Waals surface area contributed by atoms with Crippen LogP contribution in [0, 0.1) is 26.2 Å². The predicted molar refractivity (Wildman–Crippen MR) is 164 cm³/mol. The van der Waals surface area contributed by atoms with Gasteiger partial charge in [-0.25, -0.2) is 18.1 Å². The number of aliphatic carboxylic acids is 1. The number of rotatable bonds is 7. The fraction of sp³-hybridized carbons (Fsp3) is 0.469. The van der Waals surface area contributed by atoms with Gasteiger partial charge < -0.3 is 14.6 Å². The van der Waals surface area contributed by atoms with Crippen molar-refractivity contribution in [1.29, 1.82) is 0 Å². The van der Waals surface area contributed by atoms with E-state index < -0.39 is 32.9 Å². The van der Waals surface area contributed by atoms with E-state index in [1.807, 2.05) is 36.7 Å². The van der Waals surface area contributed by atoms with E-state index in [2.05, 4.69) is 20.3 Å². The highest BCUT2D eigenvalue weighted by molar-refractivity contribution is 7.89. The van der Waals surface area contributed by atoms with Gasteiger partial charge in [-0.2, -0.15) is 4.31 Å². The highest BCUT2D eigenvalue weighted by Gasteiger charge is 2.50. The molecule has 1 aliphatic carbocycles. The van der Waals surface area contributed by atoms with E-state index in [4.69, 9.17) is 9.47 Å². The second-order valence-electron chi connectivity index (χ2n) is 13.3. The minimum Gasteiger partial charge on any atom is -0.481 e. The largest absolute Gasteiger partial charge is 0.481 e. The van der Waals surface area contributed by atoms with E-state index in [1.54, 1.807) is 39.2 Å². The molecule has 0 radical (unpaired) electrons. The smallest absolute Gasteiger partial charge is 0.310 e. The van der Waals surface area contributed by atoms with Crippen molar-refractivity contribution in [3.8, 4) is 5.88 Å². The zero-order valence-corrected chi connectivity index (χ0v) is 26.8. The lowest BCUT2D eigenvalue weighted by Gasteiger charge is -2.41. The van der Waals surface area contributed by atoms with E-state index in [1.165, 1.54) is 4.31 Å². The number of carbonyl (C=O) groups is 1. The third-order valence-electron chi connectivity index (χ3n) is 9.39. The summed E-state index contributed by atoms with van der Waals surface area (Å²) in [6, 6.07) is 7.77. The number of fused-ring (bicyclic) bond motifs is 2. The monoisotopic (exact) mass is 632 g/mol. The molecule has 2 aliphatic heterocycles. The summed E-state index contributed by atoms with van der Waals surface area (Å²) in [6.45, 7) is 9.54. The zero-order valence-electron chi connectivity index (χ0n) is 25.9. The van der Waals surface area contributed by atoms with E-state index in [0.29, 0.717) is 28.4 Å². The number of aryl methyl sites for hydroxylation is 3. The van der Waals surface area contributed by atoms with Crippen molar-refractivity contribution in [1.82, 2.24) is 29.3 Å². The molecule has 1 aromatic carbocycles. The van der Waals surface area contributed by atoms with Gasteiger partial charge in [-0.15, -0.1) is 5.10 Å². The molecule has 12 nitrogen and oxygen atoms in total. The van der Waals surface area contributed by atoms with Crippen molar-refractivity contribution in [3.63, 3.8) is 0 Å². The molecule has 0 unspecified atom stereocenters. The first-order valence-corrected chi connectivity index (χ1v) is 16.5. The minimum absolute atomic E-state index is 0.0149. The Morgan fingerprint density at radius 3 is 2.56 bits per heavy atom. The van der Waals surface area contributed by atoms with Gasteiger partial charge in [0.15, 0.2) is 5.60 Å². The Balaban J connectivity index is 1.32. The van der Waals surface area contributed by atoms with Crippen molar-refractivity contribution < 1.29 is 27.8 Å². The van der Waals surface area contributed by atoms with Gasteiger partial charge in [-0.3, -0.25) is 9.78 Å². The summed E-state index contributed by atoms with van der Waals surface area (Å²) in [6.07, 6.45) is 5.43. The van der Waals surface area contributed by atoms with Crippen molar-refractivity contribution in [2.75, 3.05) is 19.8 Å². The van der Waals surface area contributed by atoms with Gasteiger partial charge in [0.05, 0.1) is 36.7 Å². The number of hydrogen-bond acceptors (Lipinski definition) is 9. The predicted octanol–water partition coefficient (Wildman–Crippen LogP) is 4.08. The lowest BCUT2D eigenvalue weighted by Crippen LogP contribution is -2.60. The molecule has 2 fully saturated rings. The summed E-state index contributed by atoms with van der Waals surface area (Å²) in [5, 5.41) is 19.3. The van der Waals surface area contributed by atoms with E-state index in [0.717, 1.165) is 35.0 Å². The van der Waals surface area contributed by atoms with Gasteiger partial charge >= 0.3 is 5.97 Å². The van der Waals surface area contributed by atoms with Crippen molar-refractivity contribution in [2.24, 2.45) is 5.41 Å². The van der Waals surface area contributed by atoms with E-state index in [9.17, 15) is 18.3 Å². The van der Waals surface area contributed by atoms with Crippen LogP contribution >= 0.6 is 0 Å². The quantitative estimate of drug-likeness (QED) is 0.316. The Hall–Kier alpha value is -3.94. The average molecular weight is 633 g/mol. The van der Waals surface area contributed by atoms with Gasteiger partial charge in [-0.1, -0.05) is 17.3 Å². The molecule has 4 aromatic rings. The number of ether oxygens (including phenoxy) is 2. The van der Waals surface area contributed by atoms with E-state index >= 15 is 0 Å². The number of benzene rings is 1. The molecule has 13 heteroatoms. The van der Waals surface area contributed by atoms with Crippen LogP contribution in [0.15, 0.2) is 41.6 Å². The van der Waals surface area contributed by atoms with Gasteiger partial charge in [-0.05, 0) is 87.4 Å². The highest BCUT2D eigenvalue weighted by atomic mass is 32.2. The SMILES string of the molecule is Cc1cnc2c(c1)S(=O)(=O)N(Cc1cc([C@@H](c3ccc4c(nnn4C4CC4)c3C)C(C)(C)C(=O)O)cnc1C)CC1(COC1)O2. The number of carboxylic acid groups (broad SMARTS) is 1. The Morgan fingerprint density at radius 1 is 1.13 bits per heavy atom. The second kappa shape index (κ2) is 10.3. The van der Waals surface area contributed by atoms with Crippen molar-refractivity contribution in [2.45, 2.75) is 76.5 Å². The normalized spacial score (nSPS) is 19.8. The van der Waals surface area contributed by atoms with Gasteiger partial charge in [0.25, 0.3) is 0 Å². The molecule has 1 saturated carbocycles. The fourth-order valence-corrected chi connectivity index (χ4v) is 8.11. The molecule has 1 atom stereocenters. The van der Waals surface area contributed by atoms with Crippen LogP contribution in [0.2, 0.25) is 0 Å². The molecule has 236 valence electrons. The number of carboxylic acids is 1. The van der Waals surface area contributed by atoms with Crippen molar-refractivity contribution in [3.05, 3.63) is 70.2 Å². The summed E-state index contributed by atoms with van der Waals surface area (Å²) in [5.74, 6) is -1.50. The first-order valence-electron chi connectivity index (χ1n) is 15.1. The van der Waals surface area contributed by atoms with Crippen LogP contribution < -0.4 is 4.74 Å². The standard InChI is InChI=1S/C32H36N6O6S/c1-18-10-26-29(34-12-18)44-32(16-43-17-32)15-37(45(26,41)42)14-22-11-21(13-33-20(22)3)27(31(4,5)30(39)40)24-8-9-25-28(19(24)2)35-36-38(25)23-6-7-23/h8-13,23,27H,6-7,14-17H2,1-5H3,(H,39,40)/t27-/m0/s1. The number of pyridine rings is 2. The first kappa shape index (κ1) is 29.8. The van der Waals surface area contributed by atoms with Gasteiger partial charge in [0.2, 0.25) is 15.9 Å². The van der Waals surface area contributed by atoms with Gasteiger partial charge in [0, 0.05) is 30.6 Å². The van der Waals surface area contributed by atoms with Crippen LogP contribution in [0.25, 0.3) is 11.0 Å². The van der Waals surface area contributed by atoms with Crippen LogP contribution in [0.1, 0.15) is 72.2 Å². The summed E-state index contributed by atoms with van der Waals surface area (Å²) in [7, 11) is -4.01. The number of aromatic nitrogens is 5. The number of hydrogen-bond donors (Lipinski definition) is 1. The molecule has 5 heterocycles. The molecule has 3 aliphatic rings. The highest BCUT2D eigenvalue weighted by Crippen LogP contribution is 2.45. The van der Waals surface area contributed by atoms with Crippen LogP contribution in [-0.4, -0.2) is 74.1 Å². The molecule has 45 heavy (non-hydrogen) atoms. The zero-order chi connectivity index (χ0) is 31.9. The van der Waals surface area contributed by atoms with Crippen LogP contribution in [0.4, 0.5) is 0 Å². The Bertz CT molecular complexity index is 1960. The summed E-state index contributed by atoms with van der Waals surface area (Å²) in [4.78, 5) is 21.8. The summed E-state index contributed by atoms with van der Waals surface area (Å²) < 4.78 is 43.2. The Labute approximate surface area is 261 Å². The summed E-state index contributed by atoms with van der Waals surface area (Å²) in [5.41, 5.74) is 3.94. The van der Waals surface area contributed by atoms with Crippen LogP contribution in [0.3, 0.4) is 0 Å². The molecule has 1 N–H and O–H groups in total. The topological polar surface area (TPSA) is 150 Å². The molecule has 3 aromatic heterocycles. The lowest BCUT2D eigenvalue weighted by molar-refractivity contribution is -0.166. The number of sulfonamides is 1. The molecule has 1 saturated heterocycles. The average Bonchev–Trinajstić information content (AvgIpc) is 3.73. The number of nitrogens with zero attached hydrogens (tertiary/aromatic N) is 6. The van der Waals surface area contributed by atoms with Crippen molar-refractivity contribution >= 4 is 27.0 Å². The molecule has 0 bridgehead atoms. The molecule has 7 rings (SSSR count). The molecular weight excluding hydrogens is 596 g/mol. The summed E-state index contributed by atoms with van der Waals surface area (Å²) >= 11 is 0. The third kappa shape index (κ3) is 4.88.